The van der Waals surface area contributed by atoms with E-state index in [0.29, 0.717) is 49.9 Å². The molecule has 1 aromatic carbocycles. The van der Waals surface area contributed by atoms with E-state index in [2.05, 4.69) is 29.1 Å². The second kappa shape index (κ2) is 18.7. The molecule has 0 spiro atoms. The summed E-state index contributed by atoms with van der Waals surface area (Å²) in [7, 11) is 1.54. The summed E-state index contributed by atoms with van der Waals surface area (Å²) in [5.41, 5.74) is 1.44. The minimum absolute atomic E-state index is 0.0836. The van der Waals surface area contributed by atoms with Crippen molar-refractivity contribution in [2.45, 2.75) is 122 Å². The van der Waals surface area contributed by atoms with Crippen LogP contribution in [-0.4, -0.2) is 98.2 Å². The molecule has 2 aromatic rings. The maximum atomic E-state index is 14.4. The fraction of sp³-hybridized carbons (Fsp3) is 0.649. The van der Waals surface area contributed by atoms with Crippen LogP contribution in [0, 0.1) is 11.8 Å². The van der Waals surface area contributed by atoms with Gasteiger partial charge in [-0.25, -0.2) is 19.8 Å². The smallest absolute Gasteiger partial charge is 0.429 e. The molecule has 4 amide bonds. The number of rotatable bonds is 15. The minimum atomic E-state index is -1.26. The van der Waals surface area contributed by atoms with Gasteiger partial charge in [0.25, 0.3) is 5.91 Å². The van der Waals surface area contributed by atoms with Crippen LogP contribution < -0.4 is 5.32 Å². The highest BCUT2D eigenvalue weighted by molar-refractivity contribution is 5.91. The van der Waals surface area contributed by atoms with Crippen molar-refractivity contribution < 1.29 is 29.0 Å². The Bertz CT molecular complexity index is 1330. The standard InChI is InChI=1S/C37H56N6O6/c1-26(2)17-18-33(45)31(21-28-13-7-5-8-14-28)40-35(46)32(23-30-24-38-25-39-30)41(4)36(47)34(22-29-15-9-6-10-16-29)49-37(48)43-20-12-11-19-42(43)27(3)44/h6,9-10,15-16,24-26,28,31-34,45H,5,7-8,11-14,17-23H2,1-4H3,(H,38,39)(H,40,46)/t31-,32-,33-,34-/m0/s1. The summed E-state index contributed by atoms with van der Waals surface area (Å²) < 4.78 is 5.91. The van der Waals surface area contributed by atoms with Crippen molar-refractivity contribution in [2.24, 2.45) is 11.8 Å². The number of H-pyrrole nitrogens is 1. The number of aliphatic hydroxyl groups is 1. The van der Waals surface area contributed by atoms with Crippen molar-refractivity contribution in [3.8, 4) is 0 Å². The highest BCUT2D eigenvalue weighted by atomic mass is 16.6. The number of amides is 4. The molecule has 12 nitrogen and oxygen atoms in total. The largest absolute Gasteiger partial charge is 0.434 e. The first-order valence-corrected chi connectivity index (χ1v) is 18.1. The van der Waals surface area contributed by atoms with Gasteiger partial charge in [0.15, 0.2) is 6.10 Å². The number of aromatic nitrogens is 2. The van der Waals surface area contributed by atoms with Gasteiger partial charge in [0, 0.05) is 51.8 Å². The van der Waals surface area contributed by atoms with Crippen LogP contribution in [0.5, 0.6) is 0 Å². The first-order valence-electron chi connectivity index (χ1n) is 18.1. The lowest BCUT2D eigenvalue weighted by Crippen LogP contribution is -2.57. The first kappa shape index (κ1) is 37.9. The van der Waals surface area contributed by atoms with Crippen molar-refractivity contribution in [1.82, 2.24) is 30.2 Å². The minimum Gasteiger partial charge on any atom is -0.434 e. The van der Waals surface area contributed by atoms with E-state index >= 15 is 0 Å². The number of ether oxygens (including phenoxy) is 1. The van der Waals surface area contributed by atoms with Crippen molar-refractivity contribution >= 4 is 23.8 Å². The molecular formula is C37H56N6O6. The molecule has 1 aliphatic heterocycles. The number of aromatic amines is 1. The van der Waals surface area contributed by atoms with Crippen LogP contribution in [0.3, 0.4) is 0 Å². The van der Waals surface area contributed by atoms with E-state index in [9.17, 15) is 24.3 Å². The summed E-state index contributed by atoms with van der Waals surface area (Å²) in [5, 5.41) is 17.1. The summed E-state index contributed by atoms with van der Waals surface area (Å²) in [6, 6.07) is 7.80. The van der Waals surface area contributed by atoms with Crippen LogP contribution in [0.15, 0.2) is 42.9 Å². The van der Waals surface area contributed by atoms with Gasteiger partial charge in [0.05, 0.1) is 18.5 Å². The summed E-state index contributed by atoms with van der Waals surface area (Å²) in [6.45, 7) is 6.31. The van der Waals surface area contributed by atoms with Gasteiger partial charge in [0.2, 0.25) is 11.8 Å². The lowest BCUT2D eigenvalue weighted by molar-refractivity contribution is -0.152. The van der Waals surface area contributed by atoms with E-state index < -0.39 is 42.2 Å². The molecule has 2 heterocycles. The summed E-state index contributed by atoms with van der Waals surface area (Å²) in [5.74, 6) is -0.397. The van der Waals surface area contributed by atoms with Crippen molar-refractivity contribution in [1.29, 1.82) is 0 Å². The Labute approximate surface area is 290 Å². The third-order valence-corrected chi connectivity index (χ3v) is 9.87. The molecule has 0 bridgehead atoms. The van der Waals surface area contributed by atoms with Gasteiger partial charge in [-0.1, -0.05) is 76.3 Å². The molecule has 1 aromatic heterocycles. The van der Waals surface area contributed by atoms with E-state index in [1.807, 2.05) is 30.3 Å². The Morgan fingerprint density at radius 1 is 1.00 bits per heavy atom. The number of aliphatic hydroxyl groups excluding tert-OH is 1. The number of hydrogen-bond acceptors (Lipinski definition) is 7. The molecule has 2 fully saturated rings. The van der Waals surface area contributed by atoms with Crippen LogP contribution >= 0.6 is 0 Å². The lowest BCUT2D eigenvalue weighted by atomic mass is 9.83. The fourth-order valence-corrected chi connectivity index (χ4v) is 6.94. The number of carbonyl (C=O) groups excluding carboxylic acids is 4. The number of likely N-dealkylation sites (N-methyl/N-ethyl adjacent to an activating group) is 1. The zero-order chi connectivity index (χ0) is 35.3. The van der Waals surface area contributed by atoms with E-state index in [1.165, 1.54) is 34.6 Å². The molecule has 2 aliphatic rings. The van der Waals surface area contributed by atoms with Crippen LogP contribution in [0.1, 0.15) is 96.2 Å². The predicted octanol–water partition coefficient (Wildman–Crippen LogP) is 4.64. The van der Waals surface area contributed by atoms with Crippen LogP contribution in [-0.2, 0) is 32.0 Å². The quantitative estimate of drug-likeness (QED) is 0.248. The number of nitrogens with zero attached hydrogens (tertiary/aromatic N) is 4. The number of imidazole rings is 1. The second-order valence-corrected chi connectivity index (χ2v) is 14.2. The molecule has 3 N–H and O–H groups in total. The number of hydrogen-bond donors (Lipinski definition) is 3. The maximum Gasteiger partial charge on any atom is 0.429 e. The molecule has 12 heteroatoms. The first-order chi connectivity index (χ1) is 23.5. The SMILES string of the molecule is CC(=O)N1CCCCN1C(=O)O[C@@H](Cc1ccccc1)C(=O)N(C)[C@@H](Cc1cnc[nH]1)C(=O)N[C@@H](CC1CCCCC1)[C@@H](O)CCC(C)C. The number of nitrogens with one attached hydrogen (secondary N) is 2. The molecule has 1 saturated heterocycles. The fourth-order valence-electron chi connectivity index (χ4n) is 6.94. The Kier molecular flexibility index (Phi) is 14.5. The van der Waals surface area contributed by atoms with Gasteiger partial charge in [-0.15, -0.1) is 0 Å². The average molecular weight is 681 g/mol. The molecule has 49 heavy (non-hydrogen) atoms. The van der Waals surface area contributed by atoms with Crippen LogP contribution in [0.25, 0.3) is 0 Å². The topological polar surface area (TPSA) is 148 Å². The highest BCUT2D eigenvalue weighted by Gasteiger charge is 2.38. The predicted molar refractivity (Wildman–Crippen MR) is 186 cm³/mol. The molecule has 4 atom stereocenters. The Balaban J connectivity index is 1.59. The Morgan fingerprint density at radius 3 is 2.33 bits per heavy atom. The summed E-state index contributed by atoms with van der Waals surface area (Å²) >= 11 is 0. The highest BCUT2D eigenvalue weighted by Crippen LogP contribution is 2.29. The normalized spacial score (nSPS) is 18.0. The molecule has 0 unspecified atom stereocenters. The molecule has 1 aliphatic carbocycles. The Morgan fingerprint density at radius 2 is 1.69 bits per heavy atom. The molecule has 4 rings (SSSR count). The average Bonchev–Trinajstić information content (AvgIpc) is 3.62. The van der Waals surface area contributed by atoms with E-state index in [1.54, 1.807) is 13.2 Å². The molecule has 1 saturated carbocycles. The van der Waals surface area contributed by atoms with Gasteiger partial charge < -0.3 is 25.0 Å². The molecule has 270 valence electrons. The third kappa shape index (κ3) is 11.3. The Hall–Kier alpha value is -3.93. The van der Waals surface area contributed by atoms with Crippen molar-refractivity contribution in [3.63, 3.8) is 0 Å². The maximum absolute atomic E-state index is 14.4. The number of carbonyl (C=O) groups is 4. The third-order valence-electron chi connectivity index (χ3n) is 9.87. The zero-order valence-electron chi connectivity index (χ0n) is 29.7. The van der Waals surface area contributed by atoms with E-state index in [-0.39, 0.29) is 18.7 Å². The van der Waals surface area contributed by atoms with Gasteiger partial charge in [-0.2, -0.15) is 0 Å². The van der Waals surface area contributed by atoms with E-state index in [0.717, 1.165) is 44.1 Å². The summed E-state index contributed by atoms with van der Waals surface area (Å²) in [6.07, 6.45) is 9.79. The van der Waals surface area contributed by atoms with E-state index in [4.69, 9.17) is 4.74 Å². The van der Waals surface area contributed by atoms with Crippen LogP contribution in [0.4, 0.5) is 4.79 Å². The van der Waals surface area contributed by atoms with Gasteiger partial charge in [-0.05, 0) is 49.5 Å². The second-order valence-electron chi connectivity index (χ2n) is 14.2. The zero-order valence-corrected chi connectivity index (χ0v) is 29.7. The number of benzene rings is 1. The molecular weight excluding hydrogens is 624 g/mol. The van der Waals surface area contributed by atoms with Crippen LogP contribution in [0.2, 0.25) is 0 Å². The van der Waals surface area contributed by atoms with Gasteiger partial charge in [0.1, 0.15) is 6.04 Å². The van der Waals surface area contributed by atoms with Crippen molar-refractivity contribution in [2.75, 3.05) is 20.1 Å². The molecule has 0 radical (unpaired) electrons. The summed E-state index contributed by atoms with van der Waals surface area (Å²) in [4.78, 5) is 63.0. The van der Waals surface area contributed by atoms with Gasteiger partial charge in [-0.3, -0.25) is 14.4 Å². The van der Waals surface area contributed by atoms with Crippen molar-refractivity contribution in [3.05, 3.63) is 54.1 Å². The number of hydrazine groups is 1. The van der Waals surface area contributed by atoms with Gasteiger partial charge >= 0.3 is 6.09 Å². The lowest BCUT2D eigenvalue weighted by Gasteiger charge is -2.38. The monoisotopic (exact) mass is 680 g/mol.